The van der Waals surface area contributed by atoms with Gasteiger partial charge in [-0.3, -0.25) is 0 Å². The second-order valence-electron chi connectivity index (χ2n) is 5.45. The first-order chi connectivity index (χ1) is 6.74. The molecule has 0 bridgehead atoms. The molecule has 1 saturated heterocycles. The summed E-state index contributed by atoms with van der Waals surface area (Å²) in [4.78, 5) is 2.46. The van der Waals surface area contributed by atoms with E-state index in [9.17, 15) is 0 Å². The number of likely N-dealkylation sites (tertiary alicyclic amines) is 1. The third kappa shape index (κ3) is 3.29. The van der Waals surface area contributed by atoms with Crippen molar-refractivity contribution in [1.29, 1.82) is 0 Å². The molecule has 0 aromatic heterocycles. The Morgan fingerprint density at radius 1 is 1.12 bits per heavy atom. The van der Waals surface area contributed by atoms with E-state index in [0.29, 0.717) is 12.0 Å². The fraction of sp³-hybridized carbons (Fsp3) is 1.00. The molecule has 4 heteroatoms. The van der Waals surface area contributed by atoms with Crippen LogP contribution >= 0.6 is 0 Å². The summed E-state index contributed by atoms with van der Waals surface area (Å²) in [5, 5.41) is 0. The predicted molar refractivity (Wildman–Crippen MR) is 60.3 cm³/mol. The van der Waals surface area contributed by atoms with Crippen LogP contribution < -0.4 is 0 Å². The molecule has 0 atom stereocenters. The van der Waals surface area contributed by atoms with E-state index < -0.39 is 0 Å². The van der Waals surface area contributed by atoms with Gasteiger partial charge in [0.1, 0.15) is 0 Å². The van der Waals surface area contributed by atoms with Crippen molar-refractivity contribution in [2.24, 2.45) is 11.3 Å². The van der Waals surface area contributed by atoms with Crippen LogP contribution in [0.25, 0.3) is 5.73 Å². The van der Waals surface area contributed by atoms with Crippen LogP contribution in [-0.2, 0) is 20.4 Å². The van der Waals surface area contributed by atoms with E-state index in [0.717, 1.165) is 5.92 Å². The van der Waals surface area contributed by atoms with Crippen LogP contribution in [0.3, 0.4) is 0 Å². The van der Waals surface area contributed by atoms with Crippen LogP contribution in [0.5, 0.6) is 0 Å². The van der Waals surface area contributed by atoms with E-state index in [1.807, 2.05) is 0 Å². The molecule has 2 fully saturated rings. The summed E-state index contributed by atoms with van der Waals surface area (Å²) >= 11 is 0. The summed E-state index contributed by atoms with van der Waals surface area (Å²) in [5.41, 5.74) is 8.12. The minimum Gasteiger partial charge on any atom is -0.677 e. The van der Waals surface area contributed by atoms with Crippen LogP contribution in [0, 0.1) is 11.3 Å². The fourth-order valence-electron chi connectivity index (χ4n) is 3.09. The van der Waals surface area contributed by atoms with Crippen molar-refractivity contribution in [2.45, 2.75) is 38.5 Å². The van der Waals surface area contributed by atoms with Gasteiger partial charge in [0.05, 0.1) is 0 Å². The smallest absolute Gasteiger partial charge is 0 e. The summed E-state index contributed by atoms with van der Waals surface area (Å²) in [6.45, 7) is 3.26. The number of nitrogens with one attached hydrogen (secondary N) is 1. The first-order valence-corrected chi connectivity index (χ1v) is 6.07. The van der Waals surface area contributed by atoms with E-state index in [1.54, 1.807) is 0 Å². The minimum absolute atomic E-state index is 0. The van der Waals surface area contributed by atoms with E-state index in [-0.39, 0.29) is 20.4 Å². The van der Waals surface area contributed by atoms with Crippen molar-refractivity contribution < 1.29 is 20.4 Å². The Morgan fingerprint density at radius 3 is 2.06 bits per heavy atom. The quantitative estimate of drug-likeness (QED) is 0.430. The Hall–Kier alpha value is -0.418. The van der Waals surface area contributed by atoms with Gasteiger partial charge in [-0.25, -0.2) is 0 Å². The molecule has 0 aromatic carbocycles. The second-order valence-corrected chi connectivity index (χ2v) is 5.45. The van der Waals surface area contributed by atoms with Crippen molar-refractivity contribution in [2.75, 3.05) is 26.7 Å². The third-order valence-electron chi connectivity index (χ3n) is 4.50. The summed E-state index contributed by atoms with van der Waals surface area (Å²) < 4.78 is 0. The molecule has 1 aliphatic carbocycles. The Morgan fingerprint density at radius 2 is 1.62 bits per heavy atom. The normalized spacial score (nSPS) is 25.9. The number of hydrogen-bond acceptors (Lipinski definition) is 1. The van der Waals surface area contributed by atoms with Gasteiger partial charge in [-0.05, 0) is 51.2 Å². The molecule has 1 radical (unpaired) electrons. The van der Waals surface area contributed by atoms with Crippen molar-refractivity contribution in [3.63, 3.8) is 0 Å². The van der Waals surface area contributed by atoms with Gasteiger partial charge >= 0.3 is 0 Å². The standard InChI is InChI=1S/C12H23N2.Re.Rf/c1-14-8-6-12(7-9-14)4-2-11(10-13)3-5-12;;/h11,13H,2-10H2,1H3;;/q-1;;. The number of nitrogens with zero attached hydrogens (tertiary/aromatic N) is 1. The summed E-state index contributed by atoms with van der Waals surface area (Å²) in [5.74, 6) is 0.722. The van der Waals surface area contributed by atoms with Gasteiger partial charge in [0, 0.05) is 20.4 Å². The molecule has 2 nitrogen and oxygen atoms in total. The topological polar surface area (TPSA) is 27.0 Å². The molecule has 1 spiro atoms. The predicted octanol–water partition coefficient (Wildman–Crippen LogP) is 2.94. The average Bonchev–Trinajstić information content (AvgIpc) is 2.24. The maximum absolute atomic E-state index is 7.42. The zero-order valence-electron chi connectivity index (χ0n) is 10.5. The van der Waals surface area contributed by atoms with E-state index in [4.69, 9.17) is 5.73 Å². The number of hydrogen-bond donors (Lipinski definition) is 0. The molecule has 0 amide bonds. The molecule has 1 heterocycles. The maximum atomic E-state index is 7.42. The molecular formula is C12H23N2ReRf-. The maximum Gasteiger partial charge on any atom is 0 e. The first kappa shape index (κ1) is 15.6. The zero-order chi connectivity index (χ0) is 10.0. The van der Waals surface area contributed by atoms with Gasteiger partial charge in [0.25, 0.3) is 0 Å². The van der Waals surface area contributed by atoms with Gasteiger partial charge in [-0.15, -0.1) is 6.54 Å². The van der Waals surface area contributed by atoms with Crippen molar-refractivity contribution >= 4 is 0 Å². The van der Waals surface area contributed by atoms with Crippen LogP contribution in [-0.4, -0.2) is 31.6 Å². The summed E-state index contributed by atoms with van der Waals surface area (Å²) in [6, 6.07) is 0. The van der Waals surface area contributed by atoms with Gasteiger partial charge in [0.2, 0.25) is 0 Å². The Kier molecular flexibility index (Phi) is 6.18. The molecule has 16 heavy (non-hydrogen) atoms. The minimum atomic E-state index is 0. The molecule has 0 aromatic rings. The van der Waals surface area contributed by atoms with Crippen molar-refractivity contribution in [3.05, 3.63) is 5.73 Å². The van der Waals surface area contributed by atoms with Gasteiger partial charge in [-0.1, -0.05) is 18.8 Å². The molecular weight excluding hydrogens is 625 g/mol. The second kappa shape index (κ2) is 6.35. The number of rotatable bonds is 1. The van der Waals surface area contributed by atoms with Crippen LogP contribution in [0.2, 0.25) is 0 Å². The molecule has 2 rings (SSSR count). The van der Waals surface area contributed by atoms with E-state index in [1.165, 1.54) is 51.6 Å². The van der Waals surface area contributed by atoms with Crippen LogP contribution in [0.1, 0.15) is 38.5 Å². The van der Waals surface area contributed by atoms with Gasteiger partial charge in [0.15, 0.2) is 0 Å². The molecule has 1 aliphatic heterocycles. The first-order valence-electron chi connectivity index (χ1n) is 6.07. The Labute approximate surface area is 108 Å². The largest absolute Gasteiger partial charge is 0.677 e. The van der Waals surface area contributed by atoms with Crippen LogP contribution in [0.4, 0.5) is 0 Å². The van der Waals surface area contributed by atoms with Crippen LogP contribution in [0.15, 0.2) is 0 Å². The summed E-state index contributed by atoms with van der Waals surface area (Å²) in [7, 11) is 2.24. The van der Waals surface area contributed by atoms with E-state index in [2.05, 4.69) is 11.9 Å². The van der Waals surface area contributed by atoms with Gasteiger partial charge < -0.3 is 10.6 Å². The molecule has 2 aliphatic rings. The SMILES string of the molecule is CN1CCC2(CCC(C[NH-])CC2)CC1.[Re].[Rf]. The zero-order valence-corrected chi connectivity index (χ0v) is 19.6. The Bertz CT molecular complexity index is 183. The average molecular weight is 649 g/mol. The van der Waals surface area contributed by atoms with E-state index >= 15 is 0 Å². The monoisotopic (exact) mass is 649 g/mol. The molecule has 1 N–H and O–H groups in total. The Balaban J connectivity index is 0.00000112. The summed E-state index contributed by atoms with van der Waals surface area (Å²) in [6.07, 6.45) is 8.29. The fourth-order valence-corrected chi connectivity index (χ4v) is 3.09. The van der Waals surface area contributed by atoms with Crippen molar-refractivity contribution in [3.8, 4) is 0 Å². The molecule has 0 unspecified atom stereocenters. The molecule has 1 saturated carbocycles. The number of piperidine rings is 1. The molecule has 91 valence electrons. The van der Waals surface area contributed by atoms with Gasteiger partial charge in [-0.2, -0.15) is 0 Å². The van der Waals surface area contributed by atoms with Crippen molar-refractivity contribution in [1.82, 2.24) is 4.90 Å². The third-order valence-corrected chi connectivity index (χ3v) is 4.50.